The zero-order valence-electron chi connectivity index (χ0n) is 11.9. The quantitative estimate of drug-likeness (QED) is 0.864. The van der Waals surface area contributed by atoms with E-state index in [0.29, 0.717) is 0 Å². The minimum Gasteiger partial charge on any atom is -0.326 e. The highest BCUT2D eigenvalue weighted by Crippen LogP contribution is 2.25. The maximum absolute atomic E-state index is 6.44. The standard InChI is InChI=1S/C14H26N4/c1-4-18-11-12(10-16-18)9-13(15)14(2,3)17-7-5-6-8-17/h10-11,13H,4-9,15H2,1-3H3. The highest BCUT2D eigenvalue weighted by molar-refractivity contribution is 5.09. The van der Waals surface area contributed by atoms with Crippen LogP contribution < -0.4 is 5.73 Å². The molecule has 4 nitrogen and oxygen atoms in total. The molecule has 1 aliphatic heterocycles. The zero-order valence-corrected chi connectivity index (χ0v) is 11.9. The topological polar surface area (TPSA) is 47.1 Å². The number of aryl methyl sites for hydroxylation is 1. The van der Waals surface area contributed by atoms with Crippen molar-refractivity contribution in [1.29, 1.82) is 0 Å². The molecule has 0 radical (unpaired) electrons. The van der Waals surface area contributed by atoms with Crippen LogP contribution in [0.5, 0.6) is 0 Å². The molecule has 0 saturated carbocycles. The van der Waals surface area contributed by atoms with E-state index in [0.717, 1.165) is 13.0 Å². The van der Waals surface area contributed by atoms with Gasteiger partial charge in [-0.2, -0.15) is 5.10 Å². The van der Waals surface area contributed by atoms with Crippen LogP contribution in [0.1, 0.15) is 39.2 Å². The SMILES string of the molecule is CCn1cc(CC(N)C(C)(C)N2CCCC2)cn1. The number of aromatic nitrogens is 2. The first kappa shape index (κ1) is 13.6. The number of nitrogens with two attached hydrogens (primary N) is 1. The van der Waals surface area contributed by atoms with Crippen LogP contribution in [-0.2, 0) is 13.0 Å². The molecule has 1 saturated heterocycles. The van der Waals surface area contributed by atoms with Crippen molar-refractivity contribution in [1.82, 2.24) is 14.7 Å². The van der Waals surface area contributed by atoms with Crippen molar-refractivity contribution in [2.45, 2.75) is 58.2 Å². The second kappa shape index (κ2) is 5.41. The highest BCUT2D eigenvalue weighted by atomic mass is 15.3. The summed E-state index contributed by atoms with van der Waals surface area (Å²) in [7, 11) is 0. The largest absolute Gasteiger partial charge is 0.326 e. The Morgan fingerprint density at radius 3 is 2.61 bits per heavy atom. The molecule has 2 heterocycles. The summed E-state index contributed by atoms with van der Waals surface area (Å²) in [6.07, 6.45) is 7.58. The Kier molecular flexibility index (Phi) is 4.07. The van der Waals surface area contributed by atoms with E-state index in [-0.39, 0.29) is 11.6 Å². The molecule has 2 N–H and O–H groups in total. The maximum Gasteiger partial charge on any atom is 0.0522 e. The van der Waals surface area contributed by atoms with Gasteiger partial charge >= 0.3 is 0 Å². The summed E-state index contributed by atoms with van der Waals surface area (Å²) >= 11 is 0. The van der Waals surface area contributed by atoms with Gasteiger partial charge in [-0.1, -0.05) is 0 Å². The number of likely N-dealkylation sites (tertiary alicyclic amines) is 1. The van der Waals surface area contributed by atoms with Crippen LogP contribution in [-0.4, -0.2) is 39.4 Å². The summed E-state index contributed by atoms with van der Waals surface area (Å²) in [6, 6.07) is 0.158. The van der Waals surface area contributed by atoms with E-state index in [2.05, 4.69) is 37.0 Å². The highest BCUT2D eigenvalue weighted by Gasteiger charge is 2.34. The lowest BCUT2D eigenvalue weighted by molar-refractivity contribution is 0.123. The molecule has 1 unspecified atom stereocenters. The van der Waals surface area contributed by atoms with Crippen LogP contribution in [0.3, 0.4) is 0 Å². The Balaban J connectivity index is 1.99. The Labute approximate surface area is 110 Å². The van der Waals surface area contributed by atoms with Crippen molar-refractivity contribution in [3.63, 3.8) is 0 Å². The number of hydrogen-bond donors (Lipinski definition) is 1. The first-order valence-corrected chi connectivity index (χ1v) is 7.06. The molecule has 1 fully saturated rings. The molecule has 4 heteroatoms. The summed E-state index contributed by atoms with van der Waals surface area (Å²) in [5.41, 5.74) is 7.76. The second-order valence-electron chi connectivity index (χ2n) is 5.86. The molecule has 1 aliphatic rings. The van der Waals surface area contributed by atoms with E-state index in [9.17, 15) is 0 Å². The first-order valence-electron chi connectivity index (χ1n) is 7.06. The van der Waals surface area contributed by atoms with Crippen molar-refractivity contribution >= 4 is 0 Å². The van der Waals surface area contributed by atoms with Crippen molar-refractivity contribution < 1.29 is 0 Å². The molecule has 0 aromatic carbocycles. The van der Waals surface area contributed by atoms with Gasteiger partial charge in [-0.15, -0.1) is 0 Å². The summed E-state index contributed by atoms with van der Waals surface area (Å²) in [5.74, 6) is 0. The first-order chi connectivity index (χ1) is 8.54. The molecule has 0 bridgehead atoms. The van der Waals surface area contributed by atoms with E-state index in [1.165, 1.54) is 31.5 Å². The fourth-order valence-corrected chi connectivity index (χ4v) is 2.72. The third kappa shape index (κ3) is 2.75. The van der Waals surface area contributed by atoms with E-state index >= 15 is 0 Å². The summed E-state index contributed by atoms with van der Waals surface area (Å²) in [6.45, 7) is 9.94. The number of hydrogen-bond acceptors (Lipinski definition) is 3. The normalized spacial score (nSPS) is 19.3. The van der Waals surface area contributed by atoms with Gasteiger partial charge < -0.3 is 5.73 Å². The van der Waals surface area contributed by atoms with Crippen molar-refractivity contribution in [2.75, 3.05) is 13.1 Å². The molecular formula is C14H26N4. The van der Waals surface area contributed by atoms with Gasteiger partial charge in [-0.05, 0) is 58.7 Å². The molecule has 0 aliphatic carbocycles. The average molecular weight is 250 g/mol. The monoisotopic (exact) mass is 250 g/mol. The molecule has 18 heavy (non-hydrogen) atoms. The lowest BCUT2D eigenvalue weighted by Gasteiger charge is -2.40. The number of rotatable bonds is 5. The molecule has 2 rings (SSSR count). The van der Waals surface area contributed by atoms with Crippen LogP contribution in [0.15, 0.2) is 12.4 Å². The molecule has 1 aromatic rings. The van der Waals surface area contributed by atoms with Crippen LogP contribution in [0.4, 0.5) is 0 Å². The molecular weight excluding hydrogens is 224 g/mol. The van der Waals surface area contributed by atoms with Gasteiger partial charge in [0.1, 0.15) is 0 Å². The maximum atomic E-state index is 6.44. The molecule has 0 amide bonds. The van der Waals surface area contributed by atoms with E-state index in [1.54, 1.807) is 0 Å². The molecule has 0 spiro atoms. The predicted molar refractivity (Wildman–Crippen MR) is 74.5 cm³/mol. The Morgan fingerprint density at radius 1 is 1.39 bits per heavy atom. The van der Waals surface area contributed by atoms with Gasteiger partial charge in [-0.25, -0.2) is 0 Å². The van der Waals surface area contributed by atoms with Gasteiger partial charge in [-0.3, -0.25) is 9.58 Å². The lowest BCUT2D eigenvalue weighted by atomic mass is 9.89. The third-order valence-corrected chi connectivity index (χ3v) is 4.29. The molecule has 102 valence electrons. The summed E-state index contributed by atoms with van der Waals surface area (Å²) in [4.78, 5) is 2.53. The van der Waals surface area contributed by atoms with Crippen molar-refractivity contribution in [3.05, 3.63) is 18.0 Å². The van der Waals surface area contributed by atoms with Crippen LogP contribution in [0, 0.1) is 0 Å². The minimum atomic E-state index is 0.0742. The second-order valence-corrected chi connectivity index (χ2v) is 5.86. The van der Waals surface area contributed by atoms with E-state index in [1.807, 2.05) is 10.9 Å². The van der Waals surface area contributed by atoms with E-state index < -0.39 is 0 Å². The van der Waals surface area contributed by atoms with E-state index in [4.69, 9.17) is 5.73 Å². The lowest BCUT2D eigenvalue weighted by Crippen LogP contribution is -2.55. The van der Waals surface area contributed by atoms with Crippen molar-refractivity contribution in [2.24, 2.45) is 5.73 Å². The van der Waals surface area contributed by atoms with Gasteiger partial charge in [0.05, 0.1) is 6.20 Å². The third-order valence-electron chi connectivity index (χ3n) is 4.29. The van der Waals surface area contributed by atoms with Crippen LogP contribution >= 0.6 is 0 Å². The Hall–Kier alpha value is -0.870. The fourth-order valence-electron chi connectivity index (χ4n) is 2.72. The minimum absolute atomic E-state index is 0.0742. The molecule has 1 atom stereocenters. The average Bonchev–Trinajstić information content (AvgIpc) is 2.99. The fraction of sp³-hybridized carbons (Fsp3) is 0.786. The summed E-state index contributed by atoms with van der Waals surface area (Å²) < 4.78 is 1.96. The van der Waals surface area contributed by atoms with Crippen LogP contribution in [0.2, 0.25) is 0 Å². The van der Waals surface area contributed by atoms with Gasteiger partial charge in [0.15, 0.2) is 0 Å². The number of nitrogens with zero attached hydrogens (tertiary/aromatic N) is 3. The Bertz CT molecular complexity index is 377. The molecule has 1 aromatic heterocycles. The Morgan fingerprint density at radius 2 is 2.06 bits per heavy atom. The predicted octanol–water partition coefficient (Wildman–Crippen LogP) is 1.65. The van der Waals surface area contributed by atoms with Gasteiger partial charge in [0.25, 0.3) is 0 Å². The van der Waals surface area contributed by atoms with Crippen LogP contribution in [0.25, 0.3) is 0 Å². The zero-order chi connectivity index (χ0) is 13.2. The van der Waals surface area contributed by atoms with Gasteiger partial charge in [0.2, 0.25) is 0 Å². The smallest absolute Gasteiger partial charge is 0.0522 e. The summed E-state index contributed by atoms with van der Waals surface area (Å²) in [5, 5.41) is 4.31. The van der Waals surface area contributed by atoms with Gasteiger partial charge in [0, 0.05) is 24.3 Å². The van der Waals surface area contributed by atoms with Crippen molar-refractivity contribution in [3.8, 4) is 0 Å².